The van der Waals surface area contributed by atoms with Gasteiger partial charge in [0.1, 0.15) is 29.3 Å². The van der Waals surface area contributed by atoms with Crippen LogP contribution < -0.4 is 10.6 Å². The highest BCUT2D eigenvalue weighted by Crippen LogP contribution is 2.27. The first kappa shape index (κ1) is 36.3. The number of nitrogens with one attached hydrogen (secondary N) is 2. The van der Waals surface area contributed by atoms with Gasteiger partial charge in [-0.3, -0.25) is 9.59 Å². The number of hydrogen-bond donors (Lipinski definition) is 2. The second kappa shape index (κ2) is 15.7. The Hall–Kier alpha value is -3.88. The molecule has 4 atom stereocenters. The van der Waals surface area contributed by atoms with Crippen molar-refractivity contribution < 1.29 is 28.7 Å². The van der Waals surface area contributed by atoms with Crippen molar-refractivity contribution >= 4 is 23.9 Å². The highest BCUT2D eigenvalue weighted by Gasteiger charge is 2.39. The molecule has 0 radical (unpaired) electrons. The molecule has 0 bridgehead atoms. The minimum atomic E-state index is -1.08. The topological polar surface area (TPSA) is 114 Å². The summed E-state index contributed by atoms with van der Waals surface area (Å²) in [7, 11) is 0. The van der Waals surface area contributed by atoms with E-state index in [9.17, 15) is 19.2 Å². The summed E-state index contributed by atoms with van der Waals surface area (Å²) in [5.74, 6) is -1.77. The van der Waals surface area contributed by atoms with Crippen molar-refractivity contribution in [3.8, 4) is 0 Å². The number of alkyl carbamates (subject to hydrolysis) is 1. The van der Waals surface area contributed by atoms with Gasteiger partial charge >= 0.3 is 12.1 Å². The smallest absolute Gasteiger partial charge is 0.408 e. The van der Waals surface area contributed by atoms with E-state index in [2.05, 4.69) is 10.6 Å². The number of nitrogens with zero attached hydrogens (tertiary/aromatic N) is 1. The average Bonchev–Trinajstić information content (AvgIpc) is 2.92. The summed E-state index contributed by atoms with van der Waals surface area (Å²) in [5, 5.41) is 5.68. The Balaban J connectivity index is 2.55. The maximum Gasteiger partial charge on any atom is 0.408 e. The second-order valence-electron chi connectivity index (χ2n) is 13.2. The molecule has 0 aliphatic heterocycles. The van der Waals surface area contributed by atoms with Gasteiger partial charge in [-0.2, -0.15) is 0 Å². The van der Waals surface area contributed by atoms with Crippen LogP contribution in [0.5, 0.6) is 0 Å². The van der Waals surface area contributed by atoms with Gasteiger partial charge in [-0.25, -0.2) is 9.59 Å². The van der Waals surface area contributed by atoms with E-state index in [0.717, 1.165) is 11.1 Å². The third-order valence-electron chi connectivity index (χ3n) is 7.11. The molecule has 0 aromatic heterocycles. The summed E-state index contributed by atoms with van der Waals surface area (Å²) in [6.45, 7) is 18.2. The maximum absolute atomic E-state index is 14.3. The highest BCUT2D eigenvalue weighted by atomic mass is 16.6. The fourth-order valence-corrected chi connectivity index (χ4v) is 4.77. The van der Waals surface area contributed by atoms with Crippen molar-refractivity contribution in [1.82, 2.24) is 15.5 Å². The summed E-state index contributed by atoms with van der Waals surface area (Å²) >= 11 is 0. The van der Waals surface area contributed by atoms with Gasteiger partial charge in [0, 0.05) is 13.0 Å². The zero-order valence-electron chi connectivity index (χ0n) is 28.0. The molecule has 0 spiro atoms. The molecule has 2 aromatic carbocycles. The molecule has 3 amide bonds. The Kier molecular flexibility index (Phi) is 13.0. The largest absolute Gasteiger partial charge is 0.458 e. The highest BCUT2D eigenvalue weighted by molar-refractivity contribution is 5.94. The predicted molar refractivity (Wildman–Crippen MR) is 172 cm³/mol. The summed E-state index contributed by atoms with van der Waals surface area (Å²) in [4.78, 5) is 56.3. The van der Waals surface area contributed by atoms with Gasteiger partial charge in [0.25, 0.3) is 0 Å². The van der Waals surface area contributed by atoms with E-state index in [1.807, 2.05) is 63.2 Å². The summed E-state index contributed by atoms with van der Waals surface area (Å²) in [5.41, 5.74) is 0.738. The van der Waals surface area contributed by atoms with Crippen LogP contribution in [0.4, 0.5) is 4.79 Å². The molecule has 0 fully saturated rings. The van der Waals surface area contributed by atoms with Crippen LogP contribution in [-0.4, -0.2) is 58.6 Å². The third-order valence-corrected chi connectivity index (χ3v) is 7.11. The molecular formula is C35H51N3O6. The van der Waals surface area contributed by atoms with Gasteiger partial charge in [-0.15, -0.1) is 0 Å². The Morgan fingerprint density at radius 2 is 1.39 bits per heavy atom. The molecule has 4 unspecified atom stereocenters. The van der Waals surface area contributed by atoms with Crippen molar-refractivity contribution in [1.29, 1.82) is 0 Å². The van der Waals surface area contributed by atoms with E-state index >= 15 is 0 Å². The number of hydrogen-bond acceptors (Lipinski definition) is 6. The lowest BCUT2D eigenvalue weighted by Gasteiger charge is -2.36. The normalized spacial score (nSPS) is 14.4. The standard InChI is InChI=1S/C35H51N3O6/c1-11-23(3)28(37-33(42)44-35(8,9)10)31(40)38(12-2)29(26-21-17-16-18-24(26)4)30(39)36-27(32(41)43-34(5,6)7)22-25-19-14-13-15-20-25/h13-21,23,27-29H,11-12,22H2,1-10H3,(H,36,39)(H,37,42). The molecule has 0 saturated carbocycles. The maximum atomic E-state index is 14.3. The number of ether oxygens (including phenoxy) is 2. The lowest BCUT2D eigenvalue weighted by Crippen LogP contribution is -2.56. The Morgan fingerprint density at radius 3 is 1.91 bits per heavy atom. The number of benzene rings is 2. The van der Waals surface area contributed by atoms with Crippen molar-refractivity contribution in [2.45, 2.75) is 111 Å². The lowest BCUT2D eigenvalue weighted by atomic mass is 9.94. The van der Waals surface area contributed by atoms with Gasteiger partial charge in [0.15, 0.2) is 0 Å². The molecular weight excluding hydrogens is 558 g/mol. The predicted octanol–water partition coefficient (Wildman–Crippen LogP) is 5.89. The first-order valence-corrected chi connectivity index (χ1v) is 15.4. The quantitative estimate of drug-likeness (QED) is 0.290. The molecule has 0 saturated heterocycles. The molecule has 242 valence electrons. The van der Waals surface area contributed by atoms with Gasteiger partial charge in [-0.05, 0) is 78.0 Å². The van der Waals surface area contributed by atoms with Crippen LogP contribution in [0.3, 0.4) is 0 Å². The van der Waals surface area contributed by atoms with Crippen LogP contribution in [0.15, 0.2) is 54.6 Å². The number of carbonyl (C=O) groups excluding carboxylic acids is 4. The molecule has 0 heterocycles. The van der Waals surface area contributed by atoms with E-state index in [0.29, 0.717) is 12.0 Å². The van der Waals surface area contributed by atoms with E-state index in [-0.39, 0.29) is 18.9 Å². The second-order valence-corrected chi connectivity index (χ2v) is 13.2. The molecule has 9 heteroatoms. The number of carbonyl (C=O) groups is 4. The minimum Gasteiger partial charge on any atom is -0.458 e. The minimum absolute atomic E-state index is 0.171. The molecule has 2 rings (SSSR count). The van der Waals surface area contributed by atoms with Crippen molar-refractivity contribution in [2.24, 2.45) is 5.92 Å². The van der Waals surface area contributed by atoms with Crippen LogP contribution in [0, 0.1) is 12.8 Å². The molecule has 2 aromatic rings. The molecule has 44 heavy (non-hydrogen) atoms. The van der Waals surface area contributed by atoms with Crippen molar-refractivity contribution in [3.05, 3.63) is 71.3 Å². The van der Waals surface area contributed by atoms with Crippen LogP contribution in [-0.2, 0) is 30.3 Å². The fourth-order valence-electron chi connectivity index (χ4n) is 4.77. The molecule has 0 aliphatic rings. The number of aryl methyl sites for hydroxylation is 1. The van der Waals surface area contributed by atoms with E-state index in [4.69, 9.17) is 9.47 Å². The van der Waals surface area contributed by atoms with Crippen LogP contribution in [0.1, 0.15) is 91.5 Å². The number of esters is 1. The number of rotatable bonds is 12. The lowest BCUT2D eigenvalue weighted by molar-refractivity contribution is -0.159. The molecule has 0 aliphatic carbocycles. The van der Waals surface area contributed by atoms with Crippen LogP contribution >= 0.6 is 0 Å². The summed E-state index contributed by atoms with van der Waals surface area (Å²) in [6, 6.07) is 13.7. The van der Waals surface area contributed by atoms with Crippen molar-refractivity contribution in [3.63, 3.8) is 0 Å². The first-order chi connectivity index (χ1) is 20.5. The van der Waals surface area contributed by atoms with Crippen molar-refractivity contribution in [2.75, 3.05) is 6.54 Å². The average molecular weight is 610 g/mol. The molecule has 9 nitrogen and oxygen atoms in total. The van der Waals surface area contributed by atoms with Gasteiger partial charge in [-0.1, -0.05) is 74.9 Å². The third kappa shape index (κ3) is 11.0. The van der Waals surface area contributed by atoms with E-state index in [1.54, 1.807) is 60.6 Å². The number of likely N-dealkylation sites (N-methyl/N-ethyl adjacent to an activating group) is 1. The SMILES string of the molecule is CCC(C)C(NC(=O)OC(C)(C)C)C(=O)N(CC)C(C(=O)NC(Cc1ccccc1)C(=O)OC(C)(C)C)c1ccccc1C. The Bertz CT molecular complexity index is 1270. The van der Waals surface area contributed by atoms with E-state index in [1.165, 1.54) is 4.90 Å². The zero-order chi connectivity index (χ0) is 33.2. The fraction of sp³-hybridized carbons (Fsp3) is 0.543. The first-order valence-electron chi connectivity index (χ1n) is 15.4. The Morgan fingerprint density at radius 1 is 0.818 bits per heavy atom. The van der Waals surface area contributed by atoms with Crippen LogP contribution in [0.2, 0.25) is 0 Å². The summed E-state index contributed by atoms with van der Waals surface area (Å²) < 4.78 is 11.2. The monoisotopic (exact) mass is 609 g/mol. The number of amides is 3. The zero-order valence-corrected chi connectivity index (χ0v) is 28.0. The van der Waals surface area contributed by atoms with Crippen LogP contribution in [0.25, 0.3) is 0 Å². The molecule has 2 N–H and O–H groups in total. The summed E-state index contributed by atoms with van der Waals surface area (Å²) in [6.07, 6.45) is 0.0949. The van der Waals surface area contributed by atoms with E-state index < -0.39 is 53.2 Å². The van der Waals surface area contributed by atoms with Gasteiger partial charge in [0.05, 0.1) is 0 Å². The van der Waals surface area contributed by atoms with Gasteiger partial charge in [0.2, 0.25) is 11.8 Å². The Labute approximate surface area is 263 Å². The van der Waals surface area contributed by atoms with Gasteiger partial charge < -0.3 is 25.0 Å².